The molecular formula is C6H8F3NO2. The highest BCUT2D eigenvalue weighted by atomic mass is 19.4. The molecule has 6 heteroatoms. The lowest BCUT2D eigenvalue weighted by Crippen LogP contribution is -2.30. The number of rotatable bonds is 1. The maximum atomic E-state index is 12.0. The van der Waals surface area contributed by atoms with Crippen molar-refractivity contribution in [3.63, 3.8) is 0 Å². The van der Waals surface area contributed by atoms with E-state index in [1.54, 1.807) is 0 Å². The second kappa shape index (κ2) is 2.93. The standard InChI is InChI=1S/C6H8F3NO2/c7-6(8,9)3-1-4(5(11)12)10-2-3/h3-4,10H,1-2H2,(H,11,12)/t3-,4+/m1/s1. The lowest BCUT2D eigenvalue weighted by Gasteiger charge is -2.12. The third-order valence-electron chi connectivity index (χ3n) is 1.89. The molecule has 0 aromatic rings. The van der Waals surface area contributed by atoms with E-state index in [-0.39, 0.29) is 13.0 Å². The van der Waals surface area contributed by atoms with Crippen molar-refractivity contribution in [2.75, 3.05) is 6.54 Å². The van der Waals surface area contributed by atoms with Crippen molar-refractivity contribution < 1.29 is 23.1 Å². The maximum absolute atomic E-state index is 12.0. The van der Waals surface area contributed by atoms with Crippen LogP contribution in [-0.2, 0) is 4.79 Å². The number of hydrogen-bond donors (Lipinski definition) is 2. The minimum Gasteiger partial charge on any atom is -0.480 e. The molecule has 1 aliphatic rings. The summed E-state index contributed by atoms with van der Waals surface area (Å²) in [5, 5.41) is 10.7. The minimum absolute atomic E-state index is 0.291. The summed E-state index contributed by atoms with van der Waals surface area (Å²) in [6.07, 6.45) is -4.64. The van der Waals surface area contributed by atoms with Gasteiger partial charge in [-0.05, 0) is 6.42 Å². The number of alkyl halides is 3. The fourth-order valence-electron chi connectivity index (χ4n) is 1.17. The smallest absolute Gasteiger partial charge is 0.393 e. The van der Waals surface area contributed by atoms with Gasteiger partial charge in [0, 0.05) is 6.54 Å². The van der Waals surface area contributed by atoms with Gasteiger partial charge in [0.05, 0.1) is 5.92 Å². The van der Waals surface area contributed by atoms with Crippen molar-refractivity contribution in [1.29, 1.82) is 0 Å². The first-order valence-corrected chi connectivity index (χ1v) is 3.44. The monoisotopic (exact) mass is 183 g/mol. The molecular weight excluding hydrogens is 175 g/mol. The summed E-state index contributed by atoms with van der Waals surface area (Å²) in [7, 11) is 0. The fraction of sp³-hybridized carbons (Fsp3) is 0.833. The topological polar surface area (TPSA) is 49.3 Å². The molecule has 1 rings (SSSR count). The third kappa shape index (κ3) is 1.88. The van der Waals surface area contributed by atoms with Crippen molar-refractivity contribution >= 4 is 5.97 Å². The zero-order valence-electron chi connectivity index (χ0n) is 6.06. The van der Waals surface area contributed by atoms with E-state index in [2.05, 4.69) is 5.32 Å². The molecule has 1 fully saturated rings. The molecule has 0 unspecified atom stereocenters. The maximum Gasteiger partial charge on any atom is 0.393 e. The molecule has 0 aromatic carbocycles. The number of hydrogen-bond acceptors (Lipinski definition) is 2. The summed E-state index contributed by atoms with van der Waals surface area (Å²) < 4.78 is 35.9. The largest absolute Gasteiger partial charge is 0.480 e. The van der Waals surface area contributed by atoms with Crippen LogP contribution in [0.5, 0.6) is 0 Å². The van der Waals surface area contributed by atoms with Crippen molar-refractivity contribution in [2.45, 2.75) is 18.6 Å². The van der Waals surface area contributed by atoms with Gasteiger partial charge in [-0.2, -0.15) is 13.2 Å². The zero-order valence-corrected chi connectivity index (χ0v) is 6.06. The Balaban J connectivity index is 2.51. The van der Waals surface area contributed by atoms with E-state index in [1.165, 1.54) is 0 Å². The first kappa shape index (κ1) is 9.31. The molecule has 2 N–H and O–H groups in total. The molecule has 0 aliphatic carbocycles. The number of aliphatic carboxylic acids is 1. The Morgan fingerprint density at radius 3 is 2.33 bits per heavy atom. The van der Waals surface area contributed by atoms with Crippen LogP contribution in [0.3, 0.4) is 0 Å². The van der Waals surface area contributed by atoms with Gasteiger partial charge in [-0.25, -0.2) is 0 Å². The Hall–Kier alpha value is -0.780. The molecule has 0 aromatic heterocycles. The predicted octanol–water partition coefficient (Wildman–Crippen LogP) is 0.611. The normalized spacial score (nSPS) is 30.6. The lowest BCUT2D eigenvalue weighted by atomic mass is 10.1. The molecule has 0 spiro atoms. The van der Waals surface area contributed by atoms with E-state index in [0.717, 1.165) is 0 Å². The van der Waals surface area contributed by atoms with Crippen LogP contribution >= 0.6 is 0 Å². The molecule has 0 bridgehead atoms. The van der Waals surface area contributed by atoms with Crippen LogP contribution in [0.1, 0.15) is 6.42 Å². The molecule has 3 nitrogen and oxygen atoms in total. The molecule has 0 saturated carbocycles. The lowest BCUT2D eigenvalue weighted by molar-refractivity contribution is -0.169. The Morgan fingerprint density at radius 2 is 2.08 bits per heavy atom. The number of nitrogens with one attached hydrogen (secondary N) is 1. The van der Waals surface area contributed by atoms with Gasteiger partial charge in [0.15, 0.2) is 0 Å². The van der Waals surface area contributed by atoms with Crippen LogP contribution in [0.25, 0.3) is 0 Å². The number of carboxylic acid groups (broad SMARTS) is 1. The zero-order chi connectivity index (χ0) is 9.35. The quantitative estimate of drug-likeness (QED) is 0.626. The molecule has 1 aliphatic heterocycles. The average Bonchev–Trinajstić information content (AvgIpc) is 2.30. The van der Waals surface area contributed by atoms with Crippen molar-refractivity contribution in [2.24, 2.45) is 5.92 Å². The molecule has 0 radical (unpaired) electrons. The molecule has 70 valence electrons. The molecule has 0 amide bonds. The summed E-state index contributed by atoms with van der Waals surface area (Å²) in [4.78, 5) is 10.2. The predicted molar refractivity (Wildman–Crippen MR) is 33.6 cm³/mol. The summed E-state index contributed by atoms with van der Waals surface area (Å²) >= 11 is 0. The minimum atomic E-state index is -4.28. The van der Waals surface area contributed by atoms with Crippen molar-refractivity contribution in [1.82, 2.24) is 5.32 Å². The third-order valence-corrected chi connectivity index (χ3v) is 1.89. The Morgan fingerprint density at radius 1 is 1.50 bits per heavy atom. The van der Waals surface area contributed by atoms with Crippen LogP contribution in [-0.4, -0.2) is 29.8 Å². The highest BCUT2D eigenvalue weighted by Crippen LogP contribution is 2.32. The highest BCUT2D eigenvalue weighted by Gasteiger charge is 2.45. The van der Waals surface area contributed by atoms with Crippen LogP contribution in [0.15, 0.2) is 0 Å². The SMILES string of the molecule is O=C(O)[C@@H]1C[C@@H](C(F)(F)F)CN1. The van der Waals surface area contributed by atoms with E-state index < -0.39 is 24.1 Å². The van der Waals surface area contributed by atoms with E-state index in [0.29, 0.717) is 0 Å². The number of carboxylic acids is 1. The van der Waals surface area contributed by atoms with Gasteiger partial charge in [0.2, 0.25) is 0 Å². The van der Waals surface area contributed by atoms with E-state index in [1.807, 2.05) is 0 Å². The fourth-order valence-corrected chi connectivity index (χ4v) is 1.17. The van der Waals surface area contributed by atoms with Crippen molar-refractivity contribution in [3.05, 3.63) is 0 Å². The number of halogens is 3. The van der Waals surface area contributed by atoms with Gasteiger partial charge < -0.3 is 10.4 Å². The second-order valence-corrected chi connectivity index (χ2v) is 2.77. The Bertz CT molecular complexity index is 192. The molecule has 12 heavy (non-hydrogen) atoms. The summed E-state index contributed by atoms with van der Waals surface area (Å²) in [6, 6.07) is -1.04. The first-order chi connectivity index (χ1) is 5.41. The van der Waals surface area contributed by atoms with Crippen LogP contribution in [0, 0.1) is 5.92 Å². The van der Waals surface area contributed by atoms with Gasteiger partial charge >= 0.3 is 12.1 Å². The average molecular weight is 183 g/mol. The Kier molecular flexibility index (Phi) is 2.27. The van der Waals surface area contributed by atoms with Gasteiger partial charge in [0.25, 0.3) is 0 Å². The van der Waals surface area contributed by atoms with Gasteiger partial charge in [-0.15, -0.1) is 0 Å². The number of carbonyl (C=O) groups is 1. The van der Waals surface area contributed by atoms with Gasteiger partial charge in [-0.1, -0.05) is 0 Å². The molecule has 1 saturated heterocycles. The van der Waals surface area contributed by atoms with Crippen molar-refractivity contribution in [3.8, 4) is 0 Å². The summed E-state index contributed by atoms with van der Waals surface area (Å²) in [6.45, 7) is -0.291. The summed E-state index contributed by atoms with van der Waals surface area (Å²) in [5.41, 5.74) is 0. The first-order valence-electron chi connectivity index (χ1n) is 3.44. The Labute approximate surface area is 66.6 Å². The van der Waals surface area contributed by atoms with Crippen LogP contribution < -0.4 is 5.32 Å². The summed E-state index contributed by atoms with van der Waals surface area (Å²) in [5.74, 6) is -2.74. The second-order valence-electron chi connectivity index (χ2n) is 2.77. The van der Waals surface area contributed by atoms with Crippen LogP contribution in [0.4, 0.5) is 13.2 Å². The highest BCUT2D eigenvalue weighted by molar-refractivity contribution is 5.73. The van der Waals surface area contributed by atoms with E-state index in [9.17, 15) is 18.0 Å². The molecule has 2 atom stereocenters. The van der Waals surface area contributed by atoms with Crippen LogP contribution in [0.2, 0.25) is 0 Å². The molecule has 1 heterocycles. The van der Waals surface area contributed by atoms with E-state index >= 15 is 0 Å². The van der Waals surface area contributed by atoms with E-state index in [4.69, 9.17) is 5.11 Å². The van der Waals surface area contributed by atoms with Gasteiger partial charge in [0.1, 0.15) is 6.04 Å². The van der Waals surface area contributed by atoms with Gasteiger partial charge in [-0.3, -0.25) is 4.79 Å².